The van der Waals surface area contributed by atoms with Gasteiger partial charge in [0.2, 0.25) is 0 Å². The number of aromatic nitrogens is 3. The Labute approximate surface area is 232 Å². The zero-order valence-corrected chi connectivity index (χ0v) is 22.0. The number of aliphatic carboxylic acids is 1. The number of nitrogens with one attached hydrogen (secondary N) is 1. The fourth-order valence-corrected chi connectivity index (χ4v) is 5.04. The Bertz CT molecular complexity index is 1620. The molecule has 5 aromatic rings. The molecule has 1 aliphatic heterocycles. The molecule has 0 bridgehead atoms. The van der Waals surface area contributed by atoms with Gasteiger partial charge < -0.3 is 19.9 Å². The van der Waals surface area contributed by atoms with Gasteiger partial charge >= 0.3 is 5.97 Å². The second-order valence-corrected chi connectivity index (χ2v) is 9.85. The highest BCUT2D eigenvalue weighted by atomic mass is 16.5. The third-order valence-corrected chi connectivity index (χ3v) is 7.05. The van der Waals surface area contributed by atoms with E-state index in [9.17, 15) is 9.90 Å². The molecule has 2 N–H and O–H groups in total. The molecular weight excluding hydrogens is 504 g/mol. The number of carbonyl (C=O) groups is 1. The Hall–Kier alpha value is -4.85. The summed E-state index contributed by atoms with van der Waals surface area (Å²) in [5.41, 5.74) is 3.95. The van der Waals surface area contributed by atoms with Crippen LogP contribution in [0.3, 0.4) is 0 Å². The summed E-state index contributed by atoms with van der Waals surface area (Å²) >= 11 is 0. The fourth-order valence-electron chi connectivity index (χ4n) is 5.04. The second-order valence-electron chi connectivity index (χ2n) is 9.85. The molecule has 0 saturated heterocycles. The first kappa shape index (κ1) is 25.4. The number of aryl methyl sites for hydroxylation is 1. The van der Waals surface area contributed by atoms with Gasteiger partial charge in [0.1, 0.15) is 23.1 Å². The first-order valence-electron chi connectivity index (χ1n) is 13.5. The first-order chi connectivity index (χ1) is 19.6. The van der Waals surface area contributed by atoms with Gasteiger partial charge in [0.25, 0.3) is 0 Å². The minimum Gasteiger partial charge on any atom is -0.493 e. The zero-order valence-electron chi connectivity index (χ0n) is 22.0. The maximum absolute atomic E-state index is 11.8. The number of ether oxygens (including phenoxy) is 2. The van der Waals surface area contributed by atoms with Gasteiger partial charge in [0.05, 0.1) is 30.8 Å². The van der Waals surface area contributed by atoms with E-state index < -0.39 is 12.0 Å². The number of benzene rings is 3. The van der Waals surface area contributed by atoms with Crippen LogP contribution in [0, 0.1) is 0 Å². The van der Waals surface area contributed by atoms with Crippen molar-refractivity contribution in [1.82, 2.24) is 14.8 Å². The van der Waals surface area contributed by atoms with Crippen LogP contribution in [0.25, 0.3) is 10.9 Å². The smallest absolute Gasteiger partial charge is 0.305 e. The molecule has 2 aromatic heterocycles. The second kappa shape index (κ2) is 11.5. The third kappa shape index (κ3) is 5.76. The number of fused-ring (bicyclic) bond motifs is 2. The number of rotatable bonds is 10. The summed E-state index contributed by atoms with van der Waals surface area (Å²) in [4.78, 5) is 16.5. The van der Waals surface area contributed by atoms with Crippen LogP contribution >= 0.6 is 0 Å². The SMILES string of the molecule is O=C(O)CC(c1ccc(Oc2ccccc2)cc1)n1ncc2cc(OCCc3ccc4c(n3)NCCC4)ccc21. The summed E-state index contributed by atoms with van der Waals surface area (Å²) in [5.74, 6) is 2.25. The molecule has 1 aliphatic rings. The molecule has 0 radical (unpaired) electrons. The number of anilines is 1. The summed E-state index contributed by atoms with van der Waals surface area (Å²) in [6.45, 7) is 1.47. The molecular formula is C32H30N4O4. The van der Waals surface area contributed by atoms with E-state index in [0.717, 1.165) is 58.9 Å². The van der Waals surface area contributed by atoms with Crippen molar-refractivity contribution in [2.45, 2.75) is 31.7 Å². The summed E-state index contributed by atoms with van der Waals surface area (Å²) in [6, 6.07) is 26.5. The Morgan fingerprint density at radius 1 is 0.975 bits per heavy atom. The van der Waals surface area contributed by atoms with Crippen LogP contribution in [-0.2, 0) is 17.6 Å². The van der Waals surface area contributed by atoms with Crippen molar-refractivity contribution in [2.24, 2.45) is 0 Å². The van der Waals surface area contributed by atoms with Gasteiger partial charge in [-0.05, 0) is 72.5 Å². The van der Waals surface area contributed by atoms with Crippen molar-refractivity contribution in [2.75, 3.05) is 18.5 Å². The van der Waals surface area contributed by atoms with Crippen molar-refractivity contribution in [1.29, 1.82) is 0 Å². The maximum atomic E-state index is 11.8. The van der Waals surface area contributed by atoms with Gasteiger partial charge in [-0.15, -0.1) is 0 Å². The van der Waals surface area contributed by atoms with Gasteiger partial charge in [0.15, 0.2) is 0 Å². The topological polar surface area (TPSA) is 98.5 Å². The van der Waals surface area contributed by atoms with Crippen molar-refractivity contribution < 1.29 is 19.4 Å². The van der Waals surface area contributed by atoms with Crippen LogP contribution < -0.4 is 14.8 Å². The minimum absolute atomic E-state index is 0.101. The molecule has 0 saturated carbocycles. The fraction of sp³-hybridized carbons (Fsp3) is 0.219. The van der Waals surface area contributed by atoms with Crippen LogP contribution in [0.5, 0.6) is 17.2 Å². The lowest BCUT2D eigenvalue weighted by atomic mass is 10.0. The zero-order chi connectivity index (χ0) is 27.3. The summed E-state index contributed by atoms with van der Waals surface area (Å²) < 4.78 is 13.7. The van der Waals surface area contributed by atoms with Gasteiger partial charge in [0, 0.05) is 24.0 Å². The maximum Gasteiger partial charge on any atom is 0.305 e. The highest BCUT2D eigenvalue weighted by molar-refractivity contribution is 5.81. The lowest BCUT2D eigenvalue weighted by molar-refractivity contribution is -0.137. The van der Waals surface area contributed by atoms with E-state index >= 15 is 0 Å². The van der Waals surface area contributed by atoms with Gasteiger partial charge in [-0.1, -0.05) is 36.4 Å². The monoisotopic (exact) mass is 534 g/mol. The molecule has 1 unspecified atom stereocenters. The molecule has 40 heavy (non-hydrogen) atoms. The van der Waals surface area contributed by atoms with Crippen molar-refractivity contribution in [3.8, 4) is 17.2 Å². The van der Waals surface area contributed by atoms with Crippen LogP contribution in [0.15, 0.2) is 91.1 Å². The predicted molar refractivity (Wildman–Crippen MR) is 153 cm³/mol. The Morgan fingerprint density at radius 3 is 2.60 bits per heavy atom. The summed E-state index contributed by atoms with van der Waals surface area (Å²) in [7, 11) is 0. The highest BCUT2D eigenvalue weighted by Gasteiger charge is 2.21. The summed E-state index contributed by atoms with van der Waals surface area (Å²) in [6.07, 6.45) is 4.57. The minimum atomic E-state index is -0.899. The largest absolute Gasteiger partial charge is 0.493 e. The molecule has 0 amide bonds. The first-order valence-corrected chi connectivity index (χ1v) is 13.5. The lowest BCUT2D eigenvalue weighted by Gasteiger charge is -2.18. The van der Waals surface area contributed by atoms with E-state index in [0.29, 0.717) is 18.8 Å². The van der Waals surface area contributed by atoms with Crippen LogP contribution in [0.1, 0.15) is 35.7 Å². The average molecular weight is 535 g/mol. The normalized spacial score (nSPS) is 13.3. The Kier molecular flexibility index (Phi) is 7.30. The molecule has 6 rings (SSSR count). The van der Waals surface area contributed by atoms with E-state index in [2.05, 4.69) is 22.5 Å². The van der Waals surface area contributed by atoms with Crippen molar-refractivity contribution in [3.63, 3.8) is 0 Å². The quantitative estimate of drug-likeness (QED) is 0.218. The van der Waals surface area contributed by atoms with Crippen LogP contribution in [0.4, 0.5) is 5.82 Å². The van der Waals surface area contributed by atoms with E-state index in [1.54, 1.807) is 10.9 Å². The number of hydrogen-bond donors (Lipinski definition) is 2. The average Bonchev–Trinajstić information content (AvgIpc) is 3.40. The molecule has 202 valence electrons. The van der Waals surface area contributed by atoms with E-state index in [-0.39, 0.29) is 6.42 Å². The van der Waals surface area contributed by atoms with Gasteiger partial charge in [-0.25, -0.2) is 4.98 Å². The molecule has 8 nitrogen and oxygen atoms in total. The van der Waals surface area contributed by atoms with Crippen molar-refractivity contribution in [3.05, 3.63) is 108 Å². The molecule has 8 heteroatoms. The van der Waals surface area contributed by atoms with Gasteiger partial charge in [-0.2, -0.15) is 5.10 Å². The third-order valence-electron chi connectivity index (χ3n) is 7.05. The Balaban J connectivity index is 1.16. The number of carboxylic acids is 1. The van der Waals surface area contributed by atoms with Gasteiger partial charge in [-0.3, -0.25) is 9.48 Å². The van der Waals surface area contributed by atoms with E-state index in [1.165, 1.54) is 5.56 Å². The molecule has 0 fully saturated rings. The highest BCUT2D eigenvalue weighted by Crippen LogP contribution is 2.30. The molecule has 1 atom stereocenters. The molecule has 0 aliphatic carbocycles. The van der Waals surface area contributed by atoms with E-state index in [1.807, 2.05) is 72.8 Å². The number of hydrogen-bond acceptors (Lipinski definition) is 6. The number of carboxylic acid groups (broad SMARTS) is 1. The predicted octanol–water partition coefficient (Wildman–Crippen LogP) is 6.27. The van der Waals surface area contributed by atoms with Crippen LogP contribution in [0.2, 0.25) is 0 Å². The lowest BCUT2D eigenvalue weighted by Crippen LogP contribution is -2.16. The van der Waals surface area contributed by atoms with Crippen molar-refractivity contribution >= 4 is 22.7 Å². The molecule has 0 spiro atoms. The van der Waals surface area contributed by atoms with Crippen LogP contribution in [-0.4, -0.2) is 39.0 Å². The number of pyridine rings is 1. The number of para-hydroxylation sites is 1. The Morgan fingerprint density at radius 2 is 1.77 bits per heavy atom. The summed E-state index contributed by atoms with van der Waals surface area (Å²) in [5, 5.41) is 18.5. The molecule has 3 aromatic carbocycles. The standard InChI is InChI=1S/C32H30N4O4/c37-31(38)20-30(22-9-12-27(13-10-22)40-26-6-2-1-3-7-26)36-29-15-14-28(19-24(29)21-34-36)39-18-16-25-11-8-23-5-4-17-33-32(23)35-25/h1-3,6-15,19,21,30H,4-5,16-18,20H2,(H,33,35)(H,37,38). The van der Waals surface area contributed by atoms with E-state index in [4.69, 9.17) is 14.5 Å². The number of nitrogens with zero attached hydrogens (tertiary/aromatic N) is 3. The molecule has 3 heterocycles.